The van der Waals surface area contributed by atoms with Gasteiger partial charge in [-0.15, -0.1) is 0 Å². The molecule has 1 unspecified atom stereocenters. The summed E-state index contributed by atoms with van der Waals surface area (Å²) in [4.78, 5) is 0.789. The van der Waals surface area contributed by atoms with Gasteiger partial charge in [0.25, 0.3) is 0 Å². The highest BCUT2D eigenvalue weighted by Gasteiger charge is 2.40. The first-order valence-corrected chi connectivity index (χ1v) is 3.86. The summed E-state index contributed by atoms with van der Waals surface area (Å²) in [6, 6.07) is 0. The van der Waals surface area contributed by atoms with Crippen molar-refractivity contribution >= 4 is 17.2 Å². The Morgan fingerprint density at radius 1 is 1.50 bits per heavy atom. The normalized spacial score (nSPS) is 37.8. The number of nitrogens with one attached hydrogen (secondary N) is 1. The second-order valence-corrected chi connectivity index (χ2v) is 4.34. The predicted molar refractivity (Wildman–Crippen MR) is 47.0 cm³/mol. The third kappa shape index (κ3) is 1.30. The molecule has 1 rings (SSSR count). The molecule has 1 fully saturated rings. The van der Waals surface area contributed by atoms with Gasteiger partial charge in [-0.2, -0.15) is 0 Å². The summed E-state index contributed by atoms with van der Waals surface area (Å²) in [5, 5.41) is 3.19. The molecular weight excluding hydrogens is 144 g/mol. The number of rotatable bonds is 0. The molecule has 0 bridgehead atoms. The summed E-state index contributed by atoms with van der Waals surface area (Å²) in [6.07, 6.45) is 0.916. The molecule has 1 aliphatic heterocycles. The van der Waals surface area contributed by atoms with Crippen molar-refractivity contribution in [2.75, 3.05) is 0 Å². The predicted octanol–water partition coefficient (Wildman–Crippen LogP) is 0.803. The molecule has 0 aliphatic carbocycles. The summed E-state index contributed by atoms with van der Waals surface area (Å²) < 4.78 is 0. The van der Waals surface area contributed by atoms with Crippen molar-refractivity contribution in [3.05, 3.63) is 0 Å². The fraction of sp³-hybridized carbons (Fsp3) is 0.857. The zero-order valence-electron chi connectivity index (χ0n) is 6.69. The summed E-state index contributed by atoms with van der Waals surface area (Å²) in [6.45, 7) is 6.19. The largest absolute Gasteiger partial charge is 0.373 e. The van der Waals surface area contributed by atoms with Crippen LogP contribution in [0.4, 0.5) is 0 Å². The molecule has 0 amide bonds. The minimum atomic E-state index is -0.293. The molecule has 1 saturated heterocycles. The maximum absolute atomic E-state index is 5.89. The highest BCUT2D eigenvalue weighted by Crippen LogP contribution is 2.26. The second-order valence-electron chi connectivity index (χ2n) is 3.93. The van der Waals surface area contributed by atoms with Crippen LogP contribution in [-0.4, -0.2) is 16.1 Å². The number of hydrogen-bond acceptors (Lipinski definition) is 2. The zero-order valence-corrected chi connectivity index (χ0v) is 7.51. The van der Waals surface area contributed by atoms with Gasteiger partial charge in [0.05, 0.1) is 10.5 Å². The lowest BCUT2D eigenvalue weighted by molar-refractivity contribution is 0.427. The lowest BCUT2D eigenvalue weighted by Crippen LogP contribution is -2.42. The third-order valence-corrected chi connectivity index (χ3v) is 2.35. The van der Waals surface area contributed by atoms with Gasteiger partial charge in [0, 0.05) is 5.54 Å². The summed E-state index contributed by atoms with van der Waals surface area (Å²) >= 11 is 5.07. The molecule has 58 valence electrons. The van der Waals surface area contributed by atoms with Gasteiger partial charge in [-0.3, -0.25) is 0 Å². The van der Waals surface area contributed by atoms with Crippen LogP contribution < -0.4 is 11.1 Å². The van der Waals surface area contributed by atoms with E-state index in [-0.39, 0.29) is 11.1 Å². The van der Waals surface area contributed by atoms with Crippen molar-refractivity contribution in [1.29, 1.82) is 0 Å². The van der Waals surface area contributed by atoms with Crippen LogP contribution in [-0.2, 0) is 0 Å². The highest BCUT2D eigenvalue weighted by atomic mass is 32.1. The first-order valence-electron chi connectivity index (χ1n) is 3.45. The molecule has 0 saturated carbocycles. The van der Waals surface area contributed by atoms with Gasteiger partial charge in [0.2, 0.25) is 0 Å². The van der Waals surface area contributed by atoms with Crippen molar-refractivity contribution in [3.63, 3.8) is 0 Å². The van der Waals surface area contributed by atoms with Crippen molar-refractivity contribution < 1.29 is 0 Å². The Balaban J connectivity index is 2.81. The average molecular weight is 158 g/mol. The molecule has 2 nitrogen and oxygen atoms in total. The SMILES string of the molecule is CC1(C)CC(C)(N)C(=S)N1. The quantitative estimate of drug-likeness (QED) is 0.512. The number of thiocarbonyl (C=S) groups is 1. The molecule has 3 heteroatoms. The highest BCUT2D eigenvalue weighted by molar-refractivity contribution is 7.80. The molecule has 0 aromatic heterocycles. The van der Waals surface area contributed by atoms with Crippen LogP contribution in [0.1, 0.15) is 27.2 Å². The Kier molecular flexibility index (Phi) is 1.53. The smallest absolute Gasteiger partial charge is 0.0957 e. The van der Waals surface area contributed by atoms with E-state index in [9.17, 15) is 0 Å². The first kappa shape index (κ1) is 7.95. The standard InChI is InChI=1S/C7H14N2S/c1-6(2)4-7(3,8)5(10)9-6/h4,8H2,1-3H3,(H,9,10). The van der Waals surface area contributed by atoms with E-state index >= 15 is 0 Å². The Bertz CT molecular complexity index is 172. The molecule has 1 aliphatic rings. The fourth-order valence-corrected chi connectivity index (χ4v) is 1.84. The van der Waals surface area contributed by atoms with E-state index in [1.165, 1.54) is 0 Å². The Morgan fingerprint density at radius 2 is 2.00 bits per heavy atom. The van der Waals surface area contributed by atoms with Crippen LogP contribution in [0.5, 0.6) is 0 Å². The zero-order chi connectivity index (χ0) is 7.99. The van der Waals surface area contributed by atoms with Gasteiger partial charge in [0.15, 0.2) is 0 Å². The minimum Gasteiger partial charge on any atom is -0.373 e. The van der Waals surface area contributed by atoms with Crippen LogP contribution in [0.3, 0.4) is 0 Å². The van der Waals surface area contributed by atoms with E-state index in [1.807, 2.05) is 6.92 Å². The number of hydrogen-bond donors (Lipinski definition) is 2. The van der Waals surface area contributed by atoms with Crippen LogP contribution in [0, 0.1) is 0 Å². The van der Waals surface area contributed by atoms with Gasteiger partial charge in [-0.25, -0.2) is 0 Å². The maximum atomic E-state index is 5.89. The van der Waals surface area contributed by atoms with E-state index in [2.05, 4.69) is 19.2 Å². The first-order chi connectivity index (χ1) is 4.33. The molecule has 10 heavy (non-hydrogen) atoms. The lowest BCUT2D eigenvalue weighted by Gasteiger charge is -2.18. The minimum absolute atomic E-state index is 0.0839. The van der Waals surface area contributed by atoms with E-state index < -0.39 is 0 Å². The molecule has 0 aromatic carbocycles. The van der Waals surface area contributed by atoms with Crippen LogP contribution in [0.15, 0.2) is 0 Å². The van der Waals surface area contributed by atoms with Gasteiger partial charge in [0.1, 0.15) is 0 Å². The summed E-state index contributed by atoms with van der Waals surface area (Å²) in [7, 11) is 0. The second kappa shape index (κ2) is 1.92. The van der Waals surface area contributed by atoms with Crippen molar-refractivity contribution in [2.24, 2.45) is 5.73 Å². The monoisotopic (exact) mass is 158 g/mol. The molecule has 1 heterocycles. The molecule has 3 N–H and O–H groups in total. The van der Waals surface area contributed by atoms with Gasteiger partial charge in [-0.05, 0) is 27.2 Å². The van der Waals surface area contributed by atoms with Crippen molar-refractivity contribution in [2.45, 2.75) is 38.3 Å². The third-order valence-electron chi connectivity index (χ3n) is 1.78. The molecule has 0 spiro atoms. The maximum Gasteiger partial charge on any atom is 0.0957 e. The van der Waals surface area contributed by atoms with Crippen molar-refractivity contribution in [3.8, 4) is 0 Å². The summed E-state index contributed by atoms with van der Waals surface area (Å²) in [5.74, 6) is 0. The van der Waals surface area contributed by atoms with Gasteiger partial charge >= 0.3 is 0 Å². The molecule has 0 radical (unpaired) electrons. The van der Waals surface area contributed by atoms with Gasteiger partial charge < -0.3 is 11.1 Å². The lowest BCUT2D eigenvalue weighted by atomic mass is 9.93. The average Bonchev–Trinajstić information content (AvgIpc) is 1.73. The fourth-order valence-electron chi connectivity index (χ4n) is 1.49. The topological polar surface area (TPSA) is 38.0 Å². The van der Waals surface area contributed by atoms with Crippen LogP contribution >= 0.6 is 12.2 Å². The molecular formula is C7H14N2S. The van der Waals surface area contributed by atoms with Crippen LogP contribution in [0.25, 0.3) is 0 Å². The molecule has 1 atom stereocenters. The van der Waals surface area contributed by atoms with Crippen LogP contribution in [0.2, 0.25) is 0 Å². The van der Waals surface area contributed by atoms with E-state index in [0.29, 0.717) is 0 Å². The summed E-state index contributed by atoms with van der Waals surface area (Å²) in [5.41, 5.74) is 5.68. The Hall–Kier alpha value is -0.150. The Labute approximate surface area is 67.2 Å². The molecule has 0 aromatic rings. The van der Waals surface area contributed by atoms with Crippen molar-refractivity contribution in [1.82, 2.24) is 5.32 Å². The van der Waals surface area contributed by atoms with E-state index in [0.717, 1.165) is 11.4 Å². The van der Waals surface area contributed by atoms with E-state index in [1.54, 1.807) is 0 Å². The number of nitrogens with two attached hydrogens (primary N) is 1. The Morgan fingerprint density at radius 3 is 2.10 bits per heavy atom. The van der Waals surface area contributed by atoms with Gasteiger partial charge in [-0.1, -0.05) is 12.2 Å². The van der Waals surface area contributed by atoms with E-state index in [4.69, 9.17) is 18.0 Å².